The van der Waals surface area contributed by atoms with Crippen LogP contribution < -0.4 is 10.6 Å². The first-order valence-corrected chi connectivity index (χ1v) is 8.12. The summed E-state index contributed by atoms with van der Waals surface area (Å²) < 4.78 is 5.20. The molecular formula is C18H23N3O2. The molecule has 1 aromatic heterocycles. The van der Waals surface area contributed by atoms with Crippen molar-refractivity contribution in [2.45, 2.75) is 32.0 Å². The standard InChI is InChI=1S/C18H23N3O2/c22-18(19-13-17-7-4-12-23-17)20-16-8-10-21(11-9-16)14-15-5-2-1-3-6-15/h1-7,12,16H,8-11,13-14H2,(H2,19,20,22). The summed E-state index contributed by atoms with van der Waals surface area (Å²) in [5, 5.41) is 5.87. The van der Waals surface area contributed by atoms with E-state index >= 15 is 0 Å². The van der Waals surface area contributed by atoms with E-state index in [1.807, 2.05) is 18.2 Å². The molecule has 1 aromatic carbocycles. The van der Waals surface area contributed by atoms with Crippen LogP contribution in [-0.4, -0.2) is 30.1 Å². The molecule has 2 N–H and O–H groups in total. The van der Waals surface area contributed by atoms with Gasteiger partial charge in [-0.15, -0.1) is 0 Å². The van der Waals surface area contributed by atoms with Crippen LogP contribution >= 0.6 is 0 Å². The van der Waals surface area contributed by atoms with Crippen molar-refractivity contribution in [2.75, 3.05) is 13.1 Å². The molecule has 2 heterocycles. The molecule has 0 radical (unpaired) electrons. The Morgan fingerprint density at radius 3 is 2.61 bits per heavy atom. The molecule has 0 bridgehead atoms. The van der Waals surface area contributed by atoms with Gasteiger partial charge in [-0.25, -0.2) is 4.79 Å². The molecule has 0 spiro atoms. The molecule has 1 aliphatic heterocycles. The highest BCUT2D eigenvalue weighted by atomic mass is 16.3. The molecule has 122 valence electrons. The van der Waals surface area contributed by atoms with Gasteiger partial charge in [0.1, 0.15) is 5.76 Å². The quantitative estimate of drug-likeness (QED) is 0.892. The van der Waals surface area contributed by atoms with Crippen LogP contribution in [0.15, 0.2) is 53.1 Å². The Balaban J connectivity index is 1.36. The average molecular weight is 313 g/mol. The molecule has 0 aliphatic carbocycles. The molecule has 2 aromatic rings. The minimum Gasteiger partial charge on any atom is -0.467 e. The van der Waals surface area contributed by atoms with Gasteiger partial charge in [-0.2, -0.15) is 0 Å². The lowest BCUT2D eigenvalue weighted by Crippen LogP contribution is -2.47. The van der Waals surface area contributed by atoms with Crippen molar-refractivity contribution in [3.8, 4) is 0 Å². The zero-order chi connectivity index (χ0) is 15.9. The smallest absolute Gasteiger partial charge is 0.315 e. The van der Waals surface area contributed by atoms with Crippen molar-refractivity contribution in [1.29, 1.82) is 0 Å². The fraction of sp³-hybridized carbons (Fsp3) is 0.389. The predicted molar refractivity (Wildman–Crippen MR) is 88.8 cm³/mol. The molecule has 1 fully saturated rings. The van der Waals surface area contributed by atoms with Crippen LogP contribution in [0.1, 0.15) is 24.2 Å². The summed E-state index contributed by atoms with van der Waals surface area (Å²) in [6.07, 6.45) is 3.58. The Kier molecular flexibility index (Phi) is 5.32. The predicted octanol–water partition coefficient (Wildman–Crippen LogP) is 2.74. The van der Waals surface area contributed by atoms with Crippen molar-refractivity contribution in [3.05, 3.63) is 60.1 Å². The van der Waals surface area contributed by atoms with Crippen molar-refractivity contribution in [3.63, 3.8) is 0 Å². The number of furan rings is 1. The first kappa shape index (κ1) is 15.6. The van der Waals surface area contributed by atoms with E-state index in [9.17, 15) is 4.79 Å². The number of nitrogens with one attached hydrogen (secondary N) is 2. The van der Waals surface area contributed by atoms with Crippen LogP contribution in [-0.2, 0) is 13.1 Å². The Hall–Kier alpha value is -2.27. The van der Waals surface area contributed by atoms with Crippen LogP contribution in [0.3, 0.4) is 0 Å². The highest BCUT2D eigenvalue weighted by molar-refractivity contribution is 5.74. The molecule has 5 nitrogen and oxygen atoms in total. The first-order valence-electron chi connectivity index (χ1n) is 8.12. The lowest BCUT2D eigenvalue weighted by molar-refractivity contribution is 0.186. The van der Waals surface area contributed by atoms with E-state index < -0.39 is 0 Å². The maximum atomic E-state index is 11.9. The fourth-order valence-corrected chi connectivity index (χ4v) is 2.89. The van der Waals surface area contributed by atoms with Gasteiger partial charge in [-0.3, -0.25) is 4.90 Å². The van der Waals surface area contributed by atoms with Gasteiger partial charge in [0.2, 0.25) is 0 Å². The number of hydrogen-bond acceptors (Lipinski definition) is 3. The minimum absolute atomic E-state index is 0.122. The van der Waals surface area contributed by atoms with E-state index in [1.165, 1.54) is 5.56 Å². The zero-order valence-electron chi connectivity index (χ0n) is 13.2. The summed E-state index contributed by atoms with van der Waals surface area (Å²) in [5.41, 5.74) is 1.34. The zero-order valence-corrected chi connectivity index (χ0v) is 13.2. The Bertz CT molecular complexity index is 590. The Labute approximate surface area is 136 Å². The third kappa shape index (κ3) is 4.86. The number of rotatable bonds is 5. The lowest BCUT2D eigenvalue weighted by atomic mass is 10.0. The number of hydrogen-bond donors (Lipinski definition) is 2. The van der Waals surface area contributed by atoms with Crippen molar-refractivity contribution >= 4 is 6.03 Å². The lowest BCUT2D eigenvalue weighted by Gasteiger charge is -2.32. The normalized spacial score (nSPS) is 16.2. The molecule has 1 saturated heterocycles. The number of piperidine rings is 1. The monoisotopic (exact) mass is 313 g/mol. The molecule has 0 atom stereocenters. The van der Waals surface area contributed by atoms with E-state index in [4.69, 9.17) is 4.42 Å². The molecule has 1 aliphatic rings. The molecule has 23 heavy (non-hydrogen) atoms. The summed E-state index contributed by atoms with van der Waals surface area (Å²) >= 11 is 0. The highest BCUT2D eigenvalue weighted by Crippen LogP contribution is 2.13. The minimum atomic E-state index is -0.122. The van der Waals surface area contributed by atoms with E-state index in [0.29, 0.717) is 6.54 Å². The SMILES string of the molecule is O=C(NCc1ccco1)NC1CCN(Cc2ccccc2)CC1. The van der Waals surface area contributed by atoms with Gasteiger partial charge in [0.05, 0.1) is 12.8 Å². The number of urea groups is 1. The van der Waals surface area contributed by atoms with Crippen molar-refractivity contribution in [2.24, 2.45) is 0 Å². The topological polar surface area (TPSA) is 57.5 Å². The number of carbonyl (C=O) groups is 1. The van der Waals surface area contributed by atoms with E-state index in [2.05, 4.69) is 39.8 Å². The van der Waals surface area contributed by atoms with E-state index in [-0.39, 0.29) is 12.1 Å². The van der Waals surface area contributed by atoms with Crippen molar-refractivity contribution in [1.82, 2.24) is 15.5 Å². The summed E-state index contributed by atoms with van der Waals surface area (Å²) in [6, 6.07) is 14.3. The summed E-state index contributed by atoms with van der Waals surface area (Å²) in [4.78, 5) is 14.3. The van der Waals surface area contributed by atoms with Gasteiger partial charge < -0.3 is 15.1 Å². The highest BCUT2D eigenvalue weighted by Gasteiger charge is 2.20. The molecule has 0 unspecified atom stereocenters. The van der Waals surface area contributed by atoms with Gasteiger partial charge in [-0.05, 0) is 30.5 Å². The molecule has 2 amide bonds. The summed E-state index contributed by atoms with van der Waals surface area (Å²) in [5.74, 6) is 0.762. The Morgan fingerprint density at radius 1 is 1.13 bits per heavy atom. The first-order chi connectivity index (χ1) is 11.3. The van der Waals surface area contributed by atoms with Crippen LogP contribution in [0.5, 0.6) is 0 Å². The van der Waals surface area contributed by atoms with Gasteiger partial charge in [-0.1, -0.05) is 30.3 Å². The number of likely N-dealkylation sites (tertiary alicyclic amines) is 1. The largest absolute Gasteiger partial charge is 0.467 e. The van der Waals surface area contributed by atoms with Gasteiger partial charge in [0.15, 0.2) is 0 Å². The molecule has 0 saturated carbocycles. The number of amides is 2. The van der Waals surface area contributed by atoms with Crippen LogP contribution in [0.2, 0.25) is 0 Å². The maximum absolute atomic E-state index is 11.9. The summed E-state index contributed by atoms with van der Waals surface area (Å²) in [6.45, 7) is 3.43. The van der Waals surface area contributed by atoms with Crippen LogP contribution in [0.4, 0.5) is 4.79 Å². The van der Waals surface area contributed by atoms with Gasteiger partial charge >= 0.3 is 6.03 Å². The van der Waals surface area contributed by atoms with Crippen LogP contribution in [0, 0.1) is 0 Å². The average Bonchev–Trinajstić information content (AvgIpc) is 3.09. The van der Waals surface area contributed by atoms with E-state index in [0.717, 1.165) is 38.2 Å². The second kappa shape index (κ2) is 7.83. The third-order valence-corrected chi connectivity index (χ3v) is 4.18. The number of carbonyl (C=O) groups excluding carboxylic acids is 1. The fourth-order valence-electron chi connectivity index (χ4n) is 2.89. The van der Waals surface area contributed by atoms with E-state index in [1.54, 1.807) is 6.26 Å². The second-order valence-electron chi connectivity index (χ2n) is 5.94. The molecule has 3 rings (SSSR count). The van der Waals surface area contributed by atoms with Crippen LogP contribution in [0.25, 0.3) is 0 Å². The number of benzene rings is 1. The second-order valence-corrected chi connectivity index (χ2v) is 5.94. The third-order valence-electron chi connectivity index (χ3n) is 4.18. The Morgan fingerprint density at radius 2 is 1.91 bits per heavy atom. The molecule has 5 heteroatoms. The van der Waals surface area contributed by atoms with Gasteiger partial charge in [0, 0.05) is 25.7 Å². The summed E-state index contributed by atoms with van der Waals surface area (Å²) in [7, 11) is 0. The number of nitrogens with zero attached hydrogens (tertiary/aromatic N) is 1. The van der Waals surface area contributed by atoms with Gasteiger partial charge in [0.25, 0.3) is 0 Å². The molecular weight excluding hydrogens is 290 g/mol. The maximum Gasteiger partial charge on any atom is 0.315 e. The van der Waals surface area contributed by atoms with Crippen molar-refractivity contribution < 1.29 is 9.21 Å².